The van der Waals surface area contributed by atoms with Crippen molar-refractivity contribution in [2.45, 2.75) is 52.1 Å². The molecular weight excluding hydrogens is 328 g/mol. The van der Waals surface area contributed by atoms with Gasteiger partial charge < -0.3 is 14.5 Å². The maximum Gasteiger partial charge on any atom is 0.254 e. The van der Waals surface area contributed by atoms with Crippen LogP contribution in [0, 0.1) is 6.92 Å². The van der Waals surface area contributed by atoms with Crippen LogP contribution < -0.4 is 0 Å². The van der Waals surface area contributed by atoms with E-state index in [4.69, 9.17) is 4.74 Å². The van der Waals surface area contributed by atoms with E-state index in [1.54, 1.807) is 0 Å². The van der Waals surface area contributed by atoms with Gasteiger partial charge in [0.15, 0.2) is 0 Å². The Balaban J connectivity index is 1.66. The molecule has 26 heavy (non-hydrogen) atoms. The van der Waals surface area contributed by atoms with Gasteiger partial charge in [0.2, 0.25) is 0 Å². The molecule has 0 saturated carbocycles. The van der Waals surface area contributed by atoms with E-state index in [0.717, 1.165) is 24.0 Å². The molecule has 2 fully saturated rings. The normalized spacial score (nSPS) is 21.2. The first-order valence-corrected chi connectivity index (χ1v) is 9.58. The highest BCUT2D eigenvalue weighted by atomic mass is 16.5. The van der Waals surface area contributed by atoms with Crippen LogP contribution in [-0.2, 0) is 14.9 Å². The van der Waals surface area contributed by atoms with Crippen molar-refractivity contribution in [3.8, 4) is 0 Å². The summed E-state index contributed by atoms with van der Waals surface area (Å²) in [7, 11) is 0. The Labute approximate surface area is 156 Å². The monoisotopic (exact) mass is 358 g/mol. The highest BCUT2D eigenvalue weighted by Gasteiger charge is 2.32. The van der Waals surface area contributed by atoms with Gasteiger partial charge in [-0.05, 0) is 42.4 Å². The second-order valence-corrected chi connectivity index (χ2v) is 8.40. The molecule has 5 nitrogen and oxygen atoms in total. The van der Waals surface area contributed by atoms with Crippen molar-refractivity contribution in [1.29, 1.82) is 0 Å². The molecule has 2 aliphatic heterocycles. The van der Waals surface area contributed by atoms with Crippen LogP contribution in [0.4, 0.5) is 0 Å². The summed E-state index contributed by atoms with van der Waals surface area (Å²) < 4.78 is 5.50. The third-order valence-electron chi connectivity index (χ3n) is 5.42. The summed E-state index contributed by atoms with van der Waals surface area (Å²) in [6.07, 6.45) is 1.50. The van der Waals surface area contributed by atoms with E-state index in [1.165, 1.54) is 5.56 Å². The number of carbonyl (C=O) groups is 2. The molecule has 1 aromatic carbocycles. The van der Waals surface area contributed by atoms with E-state index in [9.17, 15) is 9.59 Å². The van der Waals surface area contributed by atoms with Crippen LogP contribution in [0.25, 0.3) is 0 Å². The fourth-order valence-corrected chi connectivity index (χ4v) is 3.60. The van der Waals surface area contributed by atoms with Crippen LogP contribution in [0.5, 0.6) is 0 Å². The number of carbonyl (C=O) groups excluding carboxylic acids is 2. The zero-order chi connectivity index (χ0) is 18.9. The number of ether oxygens (including phenoxy) is 1. The zero-order valence-electron chi connectivity index (χ0n) is 16.4. The van der Waals surface area contributed by atoms with Gasteiger partial charge in [-0.25, -0.2) is 0 Å². The van der Waals surface area contributed by atoms with Crippen LogP contribution in [0.15, 0.2) is 18.2 Å². The second kappa shape index (κ2) is 7.39. The molecule has 3 rings (SSSR count). The van der Waals surface area contributed by atoms with Crippen LogP contribution >= 0.6 is 0 Å². The van der Waals surface area contributed by atoms with Crippen molar-refractivity contribution in [2.75, 3.05) is 32.8 Å². The Morgan fingerprint density at radius 3 is 2.31 bits per heavy atom. The van der Waals surface area contributed by atoms with E-state index in [0.29, 0.717) is 32.8 Å². The summed E-state index contributed by atoms with van der Waals surface area (Å²) in [5.74, 6) is 0.151. The minimum absolute atomic E-state index is 0.00906. The maximum absolute atomic E-state index is 13.0. The van der Waals surface area contributed by atoms with Gasteiger partial charge >= 0.3 is 0 Å². The van der Waals surface area contributed by atoms with Crippen LogP contribution in [-0.4, -0.2) is 60.5 Å². The summed E-state index contributed by atoms with van der Waals surface area (Å²) in [5, 5.41) is 0. The molecule has 0 spiro atoms. The Hall–Kier alpha value is -1.88. The molecule has 1 unspecified atom stereocenters. The van der Waals surface area contributed by atoms with Crippen molar-refractivity contribution in [3.05, 3.63) is 34.9 Å². The standard InChI is InChI=1S/C21H30N2O3/c1-15-7-8-16(21(2,3)4)14-17(15)19(24)22-9-11-23(12-10-22)20(25)18-6-5-13-26-18/h7-8,14,18H,5-6,9-13H2,1-4H3. The predicted octanol–water partition coefficient (Wildman–Crippen LogP) is 2.76. The fourth-order valence-electron chi connectivity index (χ4n) is 3.60. The lowest BCUT2D eigenvalue weighted by molar-refractivity contribution is -0.142. The number of piperazine rings is 1. The van der Waals surface area contributed by atoms with Gasteiger partial charge in [0.05, 0.1) is 0 Å². The summed E-state index contributed by atoms with van der Waals surface area (Å²) in [4.78, 5) is 29.2. The molecular formula is C21H30N2O3. The number of rotatable bonds is 2. The molecule has 0 bridgehead atoms. The van der Waals surface area contributed by atoms with Crippen LogP contribution in [0.2, 0.25) is 0 Å². The zero-order valence-corrected chi connectivity index (χ0v) is 16.4. The Morgan fingerprint density at radius 1 is 1.08 bits per heavy atom. The third-order valence-corrected chi connectivity index (χ3v) is 5.42. The topological polar surface area (TPSA) is 49.9 Å². The SMILES string of the molecule is Cc1ccc(C(C)(C)C)cc1C(=O)N1CCN(C(=O)C2CCCO2)CC1. The fraction of sp³-hybridized carbons (Fsp3) is 0.619. The number of aryl methyl sites for hydroxylation is 1. The Bertz CT molecular complexity index is 679. The van der Waals surface area contributed by atoms with Gasteiger partial charge in [0.1, 0.15) is 6.10 Å². The summed E-state index contributed by atoms with van der Waals surface area (Å²) in [6, 6.07) is 6.16. The maximum atomic E-state index is 13.0. The van der Waals surface area contributed by atoms with Crippen molar-refractivity contribution >= 4 is 11.8 Å². The minimum atomic E-state index is -0.275. The average molecular weight is 358 g/mol. The summed E-state index contributed by atoms with van der Waals surface area (Å²) in [6.45, 7) is 11.5. The van der Waals surface area contributed by atoms with E-state index < -0.39 is 0 Å². The van der Waals surface area contributed by atoms with Gasteiger partial charge in [-0.15, -0.1) is 0 Å². The van der Waals surface area contributed by atoms with E-state index >= 15 is 0 Å². The molecule has 2 aliphatic rings. The Morgan fingerprint density at radius 2 is 1.73 bits per heavy atom. The molecule has 1 atom stereocenters. The van der Waals surface area contributed by atoms with Gasteiger partial charge in [0, 0.05) is 38.3 Å². The lowest BCUT2D eigenvalue weighted by Gasteiger charge is -2.36. The van der Waals surface area contributed by atoms with Gasteiger partial charge in [-0.1, -0.05) is 32.9 Å². The molecule has 0 aromatic heterocycles. The lowest BCUT2D eigenvalue weighted by atomic mass is 9.85. The highest BCUT2D eigenvalue weighted by molar-refractivity contribution is 5.96. The van der Waals surface area contributed by atoms with Gasteiger partial charge in [-0.3, -0.25) is 9.59 Å². The smallest absolute Gasteiger partial charge is 0.254 e. The first kappa shape index (κ1) is 18.9. The first-order valence-electron chi connectivity index (χ1n) is 9.58. The minimum Gasteiger partial charge on any atom is -0.368 e. The van der Waals surface area contributed by atoms with Gasteiger partial charge in [0.25, 0.3) is 11.8 Å². The first-order chi connectivity index (χ1) is 12.3. The quantitative estimate of drug-likeness (QED) is 0.817. The molecule has 2 amide bonds. The number of benzene rings is 1. The van der Waals surface area contributed by atoms with Crippen molar-refractivity contribution in [2.24, 2.45) is 0 Å². The lowest BCUT2D eigenvalue weighted by Crippen LogP contribution is -2.52. The molecule has 0 N–H and O–H groups in total. The summed E-state index contributed by atoms with van der Waals surface area (Å²) >= 11 is 0. The number of amides is 2. The van der Waals surface area contributed by atoms with E-state index in [2.05, 4.69) is 26.8 Å². The van der Waals surface area contributed by atoms with Crippen molar-refractivity contribution in [3.63, 3.8) is 0 Å². The van der Waals surface area contributed by atoms with E-state index in [-0.39, 0.29) is 23.3 Å². The number of hydrogen-bond acceptors (Lipinski definition) is 3. The highest BCUT2D eigenvalue weighted by Crippen LogP contribution is 2.25. The molecule has 5 heteroatoms. The molecule has 0 radical (unpaired) electrons. The molecule has 1 aromatic rings. The van der Waals surface area contributed by atoms with Crippen molar-refractivity contribution in [1.82, 2.24) is 9.80 Å². The second-order valence-electron chi connectivity index (χ2n) is 8.40. The van der Waals surface area contributed by atoms with Crippen molar-refractivity contribution < 1.29 is 14.3 Å². The molecule has 2 heterocycles. The number of hydrogen-bond donors (Lipinski definition) is 0. The third kappa shape index (κ3) is 3.93. The largest absolute Gasteiger partial charge is 0.368 e. The summed E-state index contributed by atoms with van der Waals surface area (Å²) in [5.41, 5.74) is 2.95. The molecule has 2 saturated heterocycles. The predicted molar refractivity (Wildman–Crippen MR) is 101 cm³/mol. The molecule has 0 aliphatic carbocycles. The van der Waals surface area contributed by atoms with Gasteiger partial charge in [-0.2, -0.15) is 0 Å². The van der Waals surface area contributed by atoms with Crippen LogP contribution in [0.1, 0.15) is 55.1 Å². The Kier molecular flexibility index (Phi) is 5.37. The average Bonchev–Trinajstić information content (AvgIpc) is 3.14. The van der Waals surface area contributed by atoms with E-state index in [1.807, 2.05) is 28.9 Å². The van der Waals surface area contributed by atoms with Crippen LogP contribution in [0.3, 0.4) is 0 Å². The molecule has 142 valence electrons. The number of nitrogens with zero attached hydrogens (tertiary/aromatic N) is 2.